The van der Waals surface area contributed by atoms with Crippen molar-refractivity contribution in [3.8, 4) is 0 Å². The average molecular weight is 293 g/mol. The van der Waals surface area contributed by atoms with Crippen LogP contribution in [-0.4, -0.2) is 24.7 Å². The largest absolute Gasteiger partial charge is 0.466 e. The van der Waals surface area contributed by atoms with Gasteiger partial charge in [0.25, 0.3) is 0 Å². The second-order valence-corrected chi connectivity index (χ2v) is 7.61. The van der Waals surface area contributed by atoms with Gasteiger partial charge in [0, 0.05) is 12.1 Å². The van der Waals surface area contributed by atoms with E-state index in [9.17, 15) is 4.79 Å². The fourth-order valence-corrected chi connectivity index (χ4v) is 5.22. The van der Waals surface area contributed by atoms with Crippen LogP contribution in [0, 0.1) is 23.7 Å². The topological polar surface area (TPSA) is 38.3 Å². The minimum atomic E-state index is 0.0246. The molecule has 0 spiro atoms. The van der Waals surface area contributed by atoms with E-state index in [1.807, 2.05) is 6.92 Å². The summed E-state index contributed by atoms with van der Waals surface area (Å²) in [7, 11) is 0. The van der Waals surface area contributed by atoms with Crippen LogP contribution in [0.25, 0.3) is 0 Å². The maximum absolute atomic E-state index is 11.9. The van der Waals surface area contributed by atoms with E-state index < -0.39 is 0 Å². The van der Waals surface area contributed by atoms with Crippen molar-refractivity contribution in [1.82, 2.24) is 5.32 Å². The van der Waals surface area contributed by atoms with Gasteiger partial charge >= 0.3 is 5.97 Å². The van der Waals surface area contributed by atoms with Gasteiger partial charge in [0.05, 0.1) is 12.5 Å². The van der Waals surface area contributed by atoms with Gasteiger partial charge in [-0.25, -0.2) is 0 Å². The van der Waals surface area contributed by atoms with Gasteiger partial charge in [-0.05, 0) is 70.1 Å². The third-order valence-corrected chi connectivity index (χ3v) is 6.23. The van der Waals surface area contributed by atoms with Crippen molar-refractivity contribution in [3.63, 3.8) is 0 Å². The zero-order valence-electron chi connectivity index (χ0n) is 13.6. The fourth-order valence-electron chi connectivity index (χ4n) is 5.22. The maximum atomic E-state index is 11.9. The van der Waals surface area contributed by atoms with Gasteiger partial charge in [0.1, 0.15) is 0 Å². The Labute approximate surface area is 129 Å². The lowest BCUT2D eigenvalue weighted by Crippen LogP contribution is -2.45. The van der Waals surface area contributed by atoms with Gasteiger partial charge in [0.15, 0.2) is 0 Å². The summed E-state index contributed by atoms with van der Waals surface area (Å²) in [5.74, 6) is 3.02. The van der Waals surface area contributed by atoms with Crippen LogP contribution in [0.15, 0.2) is 0 Å². The lowest BCUT2D eigenvalue weighted by molar-refractivity contribution is -0.149. The summed E-state index contributed by atoms with van der Waals surface area (Å²) in [6.07, 6.45) is 10.2. The molecule has 21 heavy (non-hydrogen) atoms. The van der Waals surface area contributed by atoms with Crippen molar-refractivity contribution >= 4 is 5.97 Å². The lowest BCUT2D eigenvalue weighted by Gasteiger charge is -2.35. The highest BCUT2D eigenvalue weighted by Gasteiger charge is 2.42. The summed E-state index contributed by atoms with van der Waals surface area (Å²) in [4.78, 5) is 11.9. The quantitative estimate of drug-likeness (QED) is 0.788. The predicted molar refractivity (Wildman–Crippen MR) is 83.9 cm³/mol. The molecule has 3 nitrogen and oxygen atoms in total. The molecule has 0 heterocycles. The molecule has 6 unspecified atom stereocenters. The van der Waals surface area contributed by atoms with Crippen LogP contribution in [0.1, 0.15) is 65.2 Å². The van der Waals surface area contributed by atoms with Gasteiger partial charge in [-0.2, -0.15) is 0 Å². The molecule has 3 heteroatoms. The number of carbonyl (C=O) groups excluding carboxylic acids is 1. The van der Waals surface area contributed by atoms with Crippen molar-refractivity contribution < 1.29 is 9.53 Å². The third kappa shape index (κ3) is 3.44. The molecule has 2 bridgehead atoms. The van der Waals surface area contributed by atoms with Crippen molar-refractivity contribution in [2.75, 3.05) is 6.61 Å². The standard InChI is InChI=1S/C18H31NO2/c1-3-21-18(20)15-5-4-6-16(11-15)19-12(2)17-10-13-7-8-14(17)9-13/h12-17,19H,3-11H2,1-2H3. The third-order valence-electron chi connectivity index (χ3n) is 6.23. The van der Waals surface area contributed by atoms with E-state index in [2.05, 4.69) is 12.2 Å². The molecule has 0 aliphatic heterocycles. The van der Waals surface area contributed by atoms with Crippen molar-refractivity contribution in [3.05, 3.63) is 0 Å². The molecule has 1 N–H and O–H groups in total. The molecular formula is C18H31NO2. The molecular weight excluding hydrogens is 262 g/mol. The molecule has 0 aromatic carbocycles. The zero-order valence-corrected chi connectivity index (χ0v) is 13.6. The maximum Gasteiger partial charge on any atom is 0.308 e. The van der Waals surface area contributed by atoms with Crippen LogP contribution in [0.3, 0.4) is 0 Å². The van der Waals surface area contributed by atoms with E-state index in [0.717, 1.165) is 37.0 Å². The van der Waals surface area contributed by atoms with Gasteiger partial charge in [0.2, 0.25) is 0 Å². The van der Waals surface area contributed by atoms with E-state index in [4.69, 9.17) is 4.74 Å². The SMILES string of the molecule is CCOC(=O)C1CCCC(NC(C)C2CC3CCC2C3)C1. The highest BCUT2D eigenvalue weighted by Crippen LogP contribution is 2.49. The highest BCUT2D eigenvalue weighted by atomic mass is 16.5. The Bertz CT molecular complexity index is 370. The Morgan fingerprint density at radius 1 is 1.19 bits per heavy atom. The van der Waals surface area contributed by atoms with Crippen LogP contribution < -0.4 is 5.32 Å². The number of rotatable bonds is 5. The number of hydrogen-bond acceptors (Lipinski definition) is 3. The van der Waals surface area contributed by atoms with Crippen molar-refractivity contribution in [2.45, 2.75) is 77.3 Å². The summed E-state index contributed by atoms with van der Waals surface area (Å²) in [5.41, 5.74) is 0. The first-order valence-electron chi connectivity index (χ1n) is 9.10. The summed E-state index contributed by atoms with van der Waals surface area (Å²) in [6.45, 7) is 4.78. The van der Waals surface area contributed by atoms with E-state index in [0.29, 0.717) is 18.7 Å². The van der Waals surface area contributed by atoms with E-state index in [1.165, 1.54) is 32.1 Å². The Morgan fingerprint density at radius 2 is 2.05 bits per heavy atom. The van der Waals surface area contributed by atoms with Crippen molar-refractivity contribution in [2.24, 2.45) is 23.7 Å². The summed E-state index contributed by atoms with van der Waals surface area (Å²) in [6, 6.07) is 1.13. The Kier molecular flexibility index (Phi) is 4.88. The van der Waals surface area contributed by atoms with Gasteiger partial charge < -0.3 is 10.1 Å². The highest BCUT2D eigenvalue weighted by molar-refractivity contribution is 5.72. The van der Waals surface area contributed by atoms with Crippen LogP contribution in [0.4, 0.5) is 0 Å². The molecule has 120 valence electrons. The second kappa shape index (κ2) is 6.68. The summed E-state index contributed by atoms with van der Waals surface area (Å²) >= 11 is 0. The first kappa shape index (κ1) is 15.3. The molecule has 3 aliphatic carbocycles. The van der Waals surface area contributed by atoms with Crippen LogP contribution in [0.5, 0.6) is 0 Å². The Morgan fingerprint density at radius 3 is 2.71 bits per heavy atom. The molecule has 3 aliphatic rings. The molecule has 3 fully saturated rings. The number of ether oxygens (including phenoxy) is 1. The zero-order chi connectivity index (χ0) is 14.8. The normalized spacial score (nSPS) is 40.2. The van der Waals surface area contributed by atoms with Gasteiger partial charge in [-0.3, -0.25) is 4.79 Å². The van der Waals surface area contributed by atoms with Crippen LogP contribution >= 0.6 is 0 Å². The number of carbonyl (C=O) groups is 1. The molecule has 0 aromatic rings. The monoisotopic (exact) mass is 293 g/mol. The number of esters is 1. The average Bonchev–Trinajstić information content (AvgIpc) is 3.10. The molecule has 0 saturated heterocycles. The van der Waals surface area contributed by atoms with Gasteiger partial charge in [-0.15, -0.1) is 0 Å². The molecule has 0 radical (unpaired) electrons. The van der Waals surface area contributed by atoms with E-state index >= 15 is 0 Å². The van der Waals surface area contributed by atoms with Crippen LogP contribution in [-0.2, 0) is 9.53 Å². The fraction of sp³-hybridized carbons (Fsp3) is 0.944. The molecule has 3 saturated carbocycles. The summed E-state index contributed by atoms with van der Waals surface area (Å²) < 4.78 is 5.21. The van der Waals surface area contributed by atoms with Crippen LogP contribution in [0.2, 0.25) is 0 Å². The molecule has 3 rings (SSSR count). The number of fused-ring (bicyclic) bond motifs is 2. The van der Waals surface area contributed by atoms with Gasteiger partial charge in [-0.1, -0.05) is 12.8 Å². The number of hydrogen-bond donors (Lipinski definition) is 1. The smallest absolute Gasteiger partial charge is 0.308 e. The predicted octanol–water partition coefficient (Wildman–Crippen LogP) is 3.52. The molecule has 6 atom stereocenters. The summed E-state index contributed by atoms with van der Waals surface area (Å²) in [5, 5.41) is 3.86. The molecule has 0 aromatic heterocycles. The first-order chi connectivity index (χ1) is 10.2. The minimum absolute atomic E-state index is 0.0246. The van der Waals surface area contributed by atoms with E-state index in [-0.39, 0.29) is 11.9 Å². The van der Waals surface area contributed by atoms with Crippen molar-refractivity contribution in [1.29, 1.82) is 0 Å². The minimum Gasteiger partial charge on any atom is -0.466 e. The van der Waals surface area contributed by atoms with E-state index in [1.54, 1.807) is 0 Å². The second-order valence-electron chi connectivity index (χ2n) is 7.61. The Balaban J connectivity index is 1.49. The molecule has 0 amide bonds. The number of nitrogens with one attached hydrogen (secondary N) is 1. The first-order valence-corrected chi connectivity index (χ1v) is 9.10. The Hall–Kier alpha value is -0.570. The lowest BCUT2D eigenvalue weighted by atomic mass is 9.81.